The molecular weight excluding hydrogens is 446 g/mol. The largest absolute Gasteiger partial charge is 0.417 e. The van der Waals surface area contributed by atoms with Gasteiger partial charge >= 0.3 is 6.18 Å². The molecule has 3 nitrogen and oxygen atoms in total. The number of rotatable bonds is 5. The van der Waals surface area contributed by atoms with E-state index in [2.05, 4.69) is 4.98 Å². The molecule has 1 aromatic heterocycles. The second kappa shape index (κ2) is 8.58. The highest BCUT2D eigenvalue weighted by molar-refractivity contribution is 6.30. The highest BCUT2D eigenvalue weighted by atomic mass is 35.5. The number of carbonyl (C=O) groups excluding carboxylic acids is 1. The van der Waals surface area contributed by atoms with E-state index in [-0.39, 0.29) is 10.6 Å². The molecule has 1 heterocycles. The van der Waals surface area contributed by atoms with Gasteiger partial charge in [0, 0.05) is 18.0 Å². The normalized spacial score (nSPS) is 12.0. The van der Waals surface area contributed by atoms with E-state index in [0.29, 0.717) is 11.6 Å². The minimum atomic E-state index is -4.84. The van der Waals surface area contributed by atoms with Gasteiger partial charge in [-0.1, -0.05) is 29.8 Å². The van der Waals surface area contributed by atoms with Crippen LogP contribution in [-0.2, 0) is 12.1 Å². The molecule has 0 fully saturated rings. The van der Waals surface area contributed by atoms with E-state index in [0.717, 1.165) is 24.3 Å². The van der Waals surface area contributed by atoms with Crippen molar-refractivity contribution in [2.24, 2.45) is 0 Å². The number of hydrogen-bond donors (Lipinski definition) is 1. The van der Waals surface area contributed by atoms with Crippen molar-refractivity contribution in [2.45, 2.75) is 12.1 Å². The van der Waals surface area contributed by atoms with Crippen LogP contribution in [0.4, 0.5) is 26.3 Å². The van der Waals surface area contributed by atoms with Gasteiger partial charge < -0.3 is 5.32 Å². The van der Waals surface area contributed by atoms with Gasteiger partial charge in [-0.15, -0.1) is 0 Å². The zero-order valence-corrected chi connectivity index (χ0v) is 16.2. The molecule has 0 aliphatic rings. The number of amides is 1. The maximum Gasteiger partial charge on any atom is 0.417 e. The fourth-order valence-corrected chi connectivity index (χ4v) is 3.04. The lowest BCUT2D eigenvalue weighted by atomic mass is 10.0. The first kappa shape index (κ1) is 22.6. The third kappa shape index (κ3) is 5.16. The molecule has 3 aromatic rings. The molecule has 0 aliphatic carbocycles. The molecule has 0 spiro atoms. The maximum atomic E-state index is 14.5. The molecule has 0 saturated carbocycles. The van der Waals surface area contributed by atoms with E-state index in [9.17, 15) is 31.1 Å². The van der Waals surface area contributed by atoms with Crippen LogP contribution in [0.1, 0.15) is 21.5 Å². The minimum absolute atomic E-state index is 0.246. The average Bonchev–Trinajstić information content (AvgIpc) is 2.71. The zero-order chi connectivity index (χ0) is 22.8. The van der Waals surface area contributed by atoms with Crippen LogP contribution in [-0.4, -0.2) is 17.4 Å². The van der Waals surface area contributed by atoms with Gasteiger partial charge in [-0.3, -0.25) is 9.78 Å². The second-order valence-electron chi connectivity index (χ2n) is 6.52. The molecule has 31 heavy (non-hydrogen) atoms. The molecule has 0 aliphatic heterocycles. The first-order valence-corrected chi connectivity index (χ1v) is 9.10. The van der Waals surface area contributed by atoms with Crippen molar-refractivity contribution in [2.75, 3.05) is 6.54 Å². The molecule has 0 radical (unpaired) electrons. The van der Waals surface area contributed by atoms with Gasteiger partial charge in [-0.05, 0) is 35.9 Å². The zero-order valence-electron chi connectivity index (χ0n) is 15.5. The Morgan fingerprint density at radius 1 is 0.935 bits per heavy atom. The number of hydrogen-bond acceptors (Lipinski definition) is 2. The predicted molar refractivity (Wildman–Crippen MR) is 102 cm³/mol. The number of halogens is 7. The SMILES string of the molecule is O=C(NCC(F)(F)c1ccc(-c2cncc(Cl)c2)cc1F)c1ccccc1C(F)(F)F. The van der Waals surface area contributed by atoms with Crippen LogP contribution in [0, 0.1) is 5.82 Å². The Bertz CT molecular complexity index is 1120. The maximum absolute atomic E-state index is 14.5. The second-order valence-corrected chi connectivity index (χ2v) is 6.95. The van der Waals surface area contributed by atoms with E-state index in [1.807, 2.05) is 0 Å². The molecule has 0 bridgehead atoms. The first-order valence-electron chi connectivity index (χ1n) is 8.72. The first-order chi connectivity index (χ1) is 14.5. The fourth-order valence-electron chi connectivity index (χ4n) is 2.87. The van der Waals surface area contributed by atoms with Crippen molar-refractivity contribution in [1.82, 2.24) is 10.3 Å². The number of nitrogens with one attached hydrogen (secondary N) is 1. The molecule has 0 unspecified atom stereocenters. The summed E-state index contributed by atoms with van der Waals surface area (Å²) in [6.45, 7) is -1.40. The molecule has 0 atom stereocenters. The number of carbonyl (C=O) groups is 1. The van der Waals surface area contributed by atoms with Crippen LogP contribution < -0.4 is 5.32 Å². The number of pyridine rings is 1. The lowest BCUT2D eigenvalue weighted by Crippen LogP contribution is -2.36. The Morgan fingerprint density at radius 2 is 1.65 bits per heavy atom. The quantitative estimate of drug-likeness (QED) is 0.471. The Kier molecular flexibility index (Phi) is 6.26. The standard InChI is InChI=1S/C21H13ClF6N2O/c22-14-7-13(9-29-10-14)12-5-6-17(18(23)8-12)20(24,25)11-30-19(31)15-3-1-2-4-16(15)21(26,27)28/h1-10H,11H2,(H,30,31). The minimum Gasteiger partial charge on any atom is -0.346 e. The van der Waals surface area contributed by atoms with E-state index in [1.54, 1.807) is 5.32 Å². The summed E-state index contributed by atoms with van der Waals surface area (Å²) in [6, 6.07) is 8.16. The number of benzene rings is 2. The molecular formula is C21H13ClF6N2O. The number of alkyl halides is 5. The van der Waals surface area contributed by atoms with Crippen LogP contribution in [0.15, 0.2) is 60.9 Å². The monoisotopic (exact) mass is 458 g/mol. The molecule has 0 saturated heterocycles. The number of nitrogens with zero attached hydrogens (tertiary/aromatic N) is 1. The molecule has 10 heteroatoms. The number of aromatic nitrogens is 1. The molecule has 1 N–H and O–H groups in total. The highest BCUT2D eigenvalue weighted by Crippen LogP contribution is 2.34. The van der Waals surface area contributed by atoms with Crippen LogP contribution >= 0.6 is 11.6 Å². The van der Waals surface area contributed by atoms with Gasteiger partial charge in [0.25, 0.3) is 11.8 Å². The van der Waals surface area contributed by atoms with Crippen molar-refractivity contribution >= 4 is 17.5 Å². The lowest BCUT2D eigenvalue weighted by Gasteiger charge is -2.19. The summed E-state index contributed by atoms with van der Waals surface area (Å²) in [6.07, 6.45) is -2.12. The summed E-state index contributed by atoms with van der Waals surface area (Å²) in [7, 11) is 0. The third-order valence-electron chi connectivity index (χ3n) is 4.35. The van der Waals surface area contributed by atoms with E-state index in [1.165, 1.54) is 30.6 Å². The molecule has 1 amide bonds. The van der Waals surface area contributed by atoms with Crippen LogP contribution in [0.2, 0.25) is 5.02 Å². The average molecular weight is 459 g/mol. The summed E-state index contributed by atoms with van der Waals surface area (Å²) < 4.78 is 82.5. The van der Waals surface area contributed by atoms with Gasteiger partial charge in [-0.2, -0.15) is 22.0 Å². The van der Waals surface area contributed by atoms with Gasteiger partial charge in [0.15, 0.2) is 0 Å². The smallest absolute Gasteiger partial charge is 0.346 e. The van der Waals surface area contributed by atoms with Crippen LogP contribution in [0.5, 0.6) is 0 Å². The lowest BCUT2D eigenvalue weighted by molar-refractivity contribution is -0.137. The van der Waals surface area contributed by atoms with Gasteiger partial charge in [0.1, 0.15) is 5.82 Å². The van der Waals surface area contributed by atoms with Crippen molar-refractivity contribution in [3.8, 4) is 11.1 Å². The summed E-state index contributed by atoms with van der Waals surface area (Å²) in [5.74, 6) is -6.49. The topological polar surface area (TPSA) is 42.0 Å². The molecule has 2 aromatic carbocycles. The molecule has 3 rings (SSSR count). The summed E-state index contributed by atoms with van der Waals surface area (Å²) in [5, 5.41) is 2.02. The van der Waals surface area contributed by atoms with E-state index in [4.69, 9.17) is 11.6 Å². The predicted octanol–water partition coefficient (Wildman–Crippen LogP) is 6.08. The van der Waals surface area contributed by atoms with Crippen molar-refractivity contribution in [3.05, 3.63) is 88.5 Å². The Labute approximate surface area is 177 Å². The van der Waals surface area contributed by atoms with Crippen molar-refractivity contribution in [1.29, 1.82) is 0 Å². The Morgan fingerprint density at radius 3 is 2.29 bits per heavy atom. The van der Waals surface area contributed by atoms with Crippen LogP contribution in [0.25, 0.3) is 11.1 Å². The van der Waals surface area contributed by atoms with Gasteiger partial charge in [0.05, 0.1) is 28.3 Å². The van der Waals surface area contributed by atoms with Crippen molar-refractivity contribution in [3.63, 3.8) is 0 Å². The van der Waals surface area contributed by atoms with Crippen LogP contribution in [0.3, 0.4) is 0 Å². The third-order valence-corrected chi connectivity index (χ3v) is 4.56. The highest BCUT2D eigenvalue weighted by Gasteiger charge is 2.38. The summed E-state index contributed by atoms with van der Waals surface area (Å²) >= 11 is 5.81. The summed E-state index contributed by atoms with van der Waals surface area (Å²) in [4.78, 5) is 15.9. The fraction of sp³-hybridized carbons (Fsp3) is 0.143. The van der Waals surface area contributed by atoms with Gasteiger partial charge in [0.2, 0.25) is 0 Å². The van der Waals surface area contributed by atoms with Crippen molar-refractivity contribution < 1.29 is 31.1 Å². The van der Waals surface area contributed by atoms with E-state index >= 15 is 0 Å². The molecule has 162 valence electrons. The Hall–Kier alpha value is -3.07. The Balaban J connectivity index is 1.79. The van der Waals surface area contributed by atoms with E-state index < -0.39 is 47.1 Å². The summed E-state index contributed by atoms with van der Waals surface area (Å²) in [5.41, 5.74) is -2.44. The van der Waals surface area contributed by atoms with Gasteiger partial charge in [-0.25, -0.2) is 4.39 Å².